The van der Waals surface area contributed by atoms with Gasteiger partial charge in [-0.2, -0.15) is 0 Å². The Balaban J connectivity index is 0.950. The Morgan fingerprint density at radius 1 is 0.455 bits per heavy atom. The number of carbonyl (C=O) groups is 2. The topological polar surface area (TPSA) is 112 Å². The molecule has 0 bridgehead atoms. The molecular formula is C46H34N4O5. The number of para-hydroxylation sites is 2. The van der Waals surface area contributed by atoms with Crippen molar-refractivity contribution in [3.05, 3.63) is 169 Å². The molecule has 0 aliphatic carbocycles. The Hall–Kier alpha value is -7.52. The van der Waals surface area contributed by atoms with E-state index in [9.17, 15) is 9.59 Å². The third-order valence-corrected chi connectivity index (χ3v) is 9.11. The van der Waals surface area contributed by atoms with Crippen molar-refractivity contribution >= 4 is 45.0 Å². The number of hydrogen-bond donors (Lipinski definition) is 2. The molecule has 0 radical (unpaired) electrons. The van der Waals surface area contributed by atoms with Gasteiger partial charge in [-0.3, -0.25) is 9.59 Å². The SMILES string of the molecule is COc1cccc(-c2cc(C(=O)Nc3ccc(Oc4ccc(NC(=O)c5cc(-c6cccc(OC)c6)nc6ccccc56)cc4)cc3)c3ccccc3n2)c1. The van der Waals surface area contributed by atoms with Gasteiger partial charge in [0.15, 0.2) is 0 Å². The Morgan fingerprint density at radius 2 is 0.873 bits per heavy atom. The van der Waals surface area contributed by atoms with Crippen molar-refractivity contribution in [1.82, 2.24) is 9.97 Å². The quantitative estimate of drug-likeness (QED) is 0.145. The van der Waals surface area contributed by atoms with Crippen molar-refractivity contribution in [2.45, 2.75) is 0 Å². The van der Waals surface area contributed by atoms with Crippen LogP contribution in [0.3, 0.4) is 0 Å². The van der Waals surface area contributed by atoms with E-state index in [-0.39, 0.29) is 11.8 Å². The van der Waals surface area contributed by atoms with Gasteiger partial charge in [0.1, 0.15) is 23.0 Å². The van der Waals surface area contributed by atoms with E-state index in [2.05, 4.69) is 10.6 Å². The smallest absolute Gasteiger partial charge is 0.256 e. The second kappa shape index (κ2) is 15.2. The Labute approximate surface area is 317 Å². The highest BCUT2D eigenvalue weighted by molar-refractivity contribution is 6.14. The number of carbonyl (C=O) groups excluding carboxylic acids is 2. The molecule has 6 aromatic carbocycles. The molecule has 0 atom stereocenters. The first-order valence-corrected chi connectivity index (χ1v) is 17.5. The summed E-state index contributed by atoms with van der Waals surface area (Å²) in [7, 11) is 3.23. The molecule has 268 valence electrons. The largest absolute Gasteiger partial charge is 0.497 e. The number of nitrogens with zero attached hydrogens (tertiary/aromatic N) is 2. The number of ether oxygens (including phenoxy) is 3. The number of methoxy groups -OCH3 is 2. The van der Waals surface area contributed by atoms with Gasteiger partial charge >= 0.3 is 0 Å². The number of aromatic nitrogens is 2. The van der Waals surface area contributed by atoms with E-state index in [0.717, 1.165) is 21.9 Å². The van der Waals surface area contributed by atoms with Crippen molar-refractivity contribution in [2.24, 2.45) is 0 Å². The molecule has 2 aromatic heterocycles. The van der Waals surface area contributed by atoms with Crippen LogP contribution in [0.4, 0.5) is 11.4 Å². The van der Waals surface area contributed by atoms with Crippen LogP contribution in [0.15, 0.2) is 158 Å². The van der Waals surface area contributed by atoms with Crippen LogP contribution in [0.2, 0.25) is 0 Å². The molecule has 9 heteroatoms. The van der Waals surface area contributed by atoms with E-state index in [1.165, 1.54) is 0 Å². The zero-order valence-electron chi connectivity index (χ0n) is 29.9. The first-order chi connectivity index (χ1) is 26.9. The molecule has 0 aliphatic heterocycles. The maximum Gasteiger partial charge on any atom is 0.256 e. The molecule has 2 heterocycles. The Kier molecular flexibility index (Phi) is 9.56. The summed E-state index contributed by atoms with van der Waals surface area (Å²) in [5.41, 5.74) is 6.68. The molecule has 8 aromatic rings. The number of hydrogen-bond acceptors (Lipinski definition) is 7. The van der Waals surface area contributed by atoms with Crippen LogP contribution in [-0.2, 0) is 0 Å². The fraction of sp³-hybridized carbons (Fsp3) is 0.0435. The van der Waals surface area contributed by atoms with Crippen LogP contribution in [0.1, 0.15) is 20.7 Å². The second-order valence-electron chi connectivity index (χ2n) is 12.7. The molecule has 9 nitrogen and oxygen atoms in total. The van der Waals surface area contributed by atoms with Crippen molar-refractivity contribution in [2.75, 3.05) is 24.9 Å². The summed E-state index contributed by atoms with van der Waals surface area (Å²) in [6.45, 7) is 0. The van der Waals surface area contributed by atoms with Gasteiger partial charge in [0, 0.05) is 33.3 Å². The highest BCUT2D eigenvalue weighted by atomic mass is 16.5. The third kappa shape index (κ3) is 7.53. The number of fused-ring (bicyclic) bond motifs is 2. The number of rotatable bonds is 10. The third-order valence-electron chi connectivity index (χ3n) is 9.11. The van der Waals surface area contributed by atoms with Crippen LogP contribution >= 0.6 is 0 Å². The average Bonchev–Trinajstić information content (AvgIpc) is 3.24. The lowest BCUT2D eigenvalue weighted by Gasteiger charge is -2.12. The van der Waals surface area contributed by atoms with Crippen LogP contribution in [0.25, 0.3) is 44.3 Å². The van der Waals surface area contributed by atoms with Crippen molar-refractivity contribution in [3.8, 4) is 45.5 Å². The van der Waals surface area contributed by atoms with E-state index >= 15 is 0 Å². The van der Waals surface area contributed by atoms with Gasteiger partial charge in [0.2, 0.25) is 0 Å². The number of anilines is 2. The molecule has 55 heavy (non-hydrogen) atoms. The molecular weight excluding hydrogens is 689 g/mol. The maximum atomic E-state index is 13.6. The first kappa shape index (κ1) is 34.6. The van der Waals surface area contributed by atoms with Crippen LogP contribution in [-0.4, -0.2) is 36.0 Å². The van der Waals surface area contributed by atoms with E-state index in [4.69, 9.17) is 24.2 Å². The van der Waals surface area contributed by atoms with Crippen molar-refractivity contribution < 1.29 is 23.8 Å². The highest BCUT2D eigenvalue weighted by Crippen LogP contribution is 2.31. The summed E-state index contributed by atoms with van der Waals surface area (Å²) >= 11 is 0. The normalized spacial score (nSPS) is 10.9. The molecule has 8 rings (SSSR count). The van der Waals surface area contributed by atoms with Gasteiger partial charge in [-0.1, -0.05) is 60.7 Å². The molecule has 2 amide bonds. The average molecular weight is 723 g/mol. The minimum atomic E-state index is -0.259. The van der Waals surface area contributed by atoms with E-state index < -0.39 is 0 Å². The molecule has 0 unspecified atom stereocenters. The van der Waals surface area contributed by atoms with Gasteiger partial charge in [0.25, 0.3) is 11.8 Å². The van der Waals surface area contributed by atoms with E-state index in [0.29, 0.717) is 67.9 Å². The van der Waals surface area contributed by atoms with Gasteiger partial charge in [0.05, 0.1) is 47.8 Å². The minimum Gasteiger partial charge on any atom is -0.497 e. The second-order valence-corrected chi connectivity index (χ2v) is 12.7. The monoisotopic (exact) mass is 722 g/mol. The molecule has 0 saturated carbocycles. The highest BCUT2D eigenvalue weighted by Gasteiger charge is 2.17. The lowest BCUT2D eigenvalue weighted by molar-refractivity contribution is 0.102. The Bertz CT molecular complexity index is 2510. The predicted octanol–water partition coefficient (Wildman–Crippen LogP) is 10.4. The summed E-state index contributed by atoms with van der Waals surface area (Å²) in [6.07, 6.45) is 0. The lowest BCUT2D eigenvalue weighted by atomic mass is 10.0. The van der Waals surface area contributed by atoms with E-state index in [1.807, 2.05) is 97.1 Å². The zero-order valence-corrected chi connectivity index (χ0v) is 29.9. The lowest BCUT2D eigenvalue weighted by Crippen LogP contribution is -2.13. The molecule has 0 spiro atoms. The fourth-order valence-corrected chi connectivity index (χ4v) is 6.33. The first-order valence-electron chi connectivity index (χ1n) is 17.5. The minimum absolute atomic E-state index is 0.259. The molecule has 0 aliphatic rings. The van der Waals surface area contributed by atoms with Gasteiger partial charge < -0.3 is 24.8 Å². The van der Waals surface area contributed by atoms with Crippen molar-refractivity contribution in [3.63, 3.8) is 0 Å². The van der Waals surface area contributed by atoms with Gasteiger partial charge in [-0.25, -0.2) is 9.97 Å². The van der Waals surface area contributed by atoms with Gasteiger partial charge in [-0.15, -0.1) is 0 Å². The molecule has 0 fully saturated rings. The summed E-state index contributed by atoms with van der Waals surface area (Å²) in [5.74, 6) is 2.06. The van der Waals surface area contributed by atoms with E-state index in [1.54, 1.807) is 74.9 Å². The van der Waals surface area contributed by atoms with Crippen LogP contribution < -0.4 is 24.8 Å². The standard InChI is InChI=1S/C46H34N4O5/c1-53-35-11-7-9-29(25-35)43-27-39(37-13-3-5-15-41(37)49-43)45(51)47-31-17-21-33(22-18-31)55-34-23-19-32(20-24-34)48-46(52)40-28-44(30-10-8-12-36(26-30)54-2)50-42-16-6-4-14-38(40)42/h3-28H,1-2H3,(H,47,51)(H,48,52). The number of pyridine rings is 2. The Morgan fingerprint density at radius 3 is 1.29 bits per heavy atom. The molecule has 2 N–H and O–H groups in total. The van der Waals surface area contributed by atoms with Gasteiger partial charge in [-0.05, 0) is 97.1 Å². The number of nitrogens with one attached hydrogen (secondary N) is 2. The van der Waals surface area contributed by atoms with Crippen LogP contribution in [0.5, 0.6) is 23.0 Å². The molecule has 0 saturated heterocycles. The summed E-state index contributed by atoms with van der Waals surface area (Å²) < 4.78 is 16.9. The number of amides is 2. The van der Waals surface area contributed by atoms with Crippen LogP contribution in [0, 0.1) is 0 Å². The fourth-order valence-electron chi connectivity index (χ4n) is 6.33. The maximum absolute atomic E-state index is 13.6. The van der Waals surface area contributed by atoms with Crippen molar-refractivity contribution in [1.29, 1.82) is 0 Å². The summed E-state index contributed by atoms with van der Waals surface area (Å²) in [4.78, 5) is 36.9. The summed E-state index contributed by atoms with van der Waals surface area (Å²) in [5, 5.41) is 7.52. The number of benzene rings is 6. The zero-order chi connectivity index (χ0) is 37.7. The summed E-state index contributed by atoms with van der Waals surface area (Å²) in [6, 6.07) is 48.2. The predicted molar refractivity (Wildman–Crippen MR) is 216 cm³/mol.